The summed E-state index contributed by atoms with van der Waals surface area (Å²) in [5.41, 5.74) is 14.3. The molecule has 6 aromatic carbocycles. The molecule has 6 saturated carbocycles. The third kappa shape index (κ3) is 22.8. The number of anilines is 2. The SMILES string of the molecule is CN(C)C[C@@H](N)[C@@H](NS(C)(=O)=O)c1ccccc1.COc1c(CN2O[C@@H](CO)[C@@H]([C@H](C)O)[C@H]2C(=O)N[C@H]2C[C@H]3C[C@@H]([C@@H]2C)C3(C)C)cccc1-c1cc(C(=O)N[C@H](CN(C)C)[C@@H](NS(C)(=O)=O)c2ccccc2)cc(N(C)C)c1.COc1c(CN2O[C@@H](CO)[C@@H]([C@H](C)O)[C@H]2C(=O)N[C@H]2C[C@H]3C[C@@H]([C@@H]2C)C3(C)C)cccc1-c1cc(C(=O)O)cc(N(C)C)c1. The van der Waals surface area contributed by atoms with Crippen LogP contribution in [0.1, 0.15) is 136 Å². The Labute approximate surface area is 727 Å². The number of nitrogens with one attached hydrogen (secondary N) is 5. The number of nitrogens with two attached hydrogens (primary N) is 1. The zero-order chi connectivity index (χ0) is 90.4. The van der Waals surface area contributed by atoms with E-state index in [9.17, 15) is 61.5 Å². The fourth-order valence-electron chi connectivity index (χ4n) is 19.9. The van der Waals surface area contributed by atoms with Gasteiger partial charge in [0.1, 0.15) is 35.8 Å². The Bertz CT molecular complexity index is 4850. The number of carbonyl (C=O) groups is 4. The summed E-state index contributed by atoms with van der Waals surface area (Å²) in [6, 6.07) is 36.6. The van der Waals surface area contributed by atoms with E-state index in [-0.39, 0.29) is 72.6 Å². The van der Waals surface area contributed by atoms with Gasteiger partial charge in [-0.25, -0.2) is 31.1 Å². The summed E-state index contributed by atoms with van der Waals surface area (Å²) in [5.74, 6) is 0.633. The summed E-state index contributed by atoms with van der Waals surface area (Å²) in [5, 5.41) is 65.1. The number of likely N-dealkylation sites (N-methyl/N-ethyl adjacent to an activating group) is 2. The first-order valence-electron chi connectivity index (χ1n) is 42.5. The van der Waals surface area contributed by atoms with Crippen molar-refractivity contribution in [2.75, 3.05) is 119 Å². The summed E-state index contributed by atoms with van der Waals surface area (Å²) >= 11 is 0. The van der Waals surface area contributed by atoms with Crippen LogP contribution in [0.15, 0.2) is 133 Å². The van der Waals surface area contributed by atoms with Crippen molar-refractivity contribution in [2.24, 2.45) is 63.9 Å². The number of para-hydroxylation sites is 2. The normalized spacial score (nSPS) is 26.0. The third-order valence-electron chi connectivity index (χ3n) is 26.7. The molecule has 2 heterocycles. The molecule has 0 unspecified atom stereocenters. The number of hydrogen-bond donors (Lipinski definition) is 11. The lowest BCUT2D eigenvalue weighted by Gasteiger charge is -2.62. The van der Waals surface area contributed by atoms with Gasteiger partial charge in [0.15, 0.2) is 0 Å². The van der Waals surface area contributed by atoms with E-state index in [1.54, 1.807) is 62.5 Å². The summed E-state index contributed by atoms with van der Waals surface area (Å²) in [4.78, 5) is 74.7. The molecule has 123 heavy (non-hydrogen) atoms. The third-order valence-corrected chi connectivity index (χ3v) is 28.0. The van der Waals surface area contributed by atoms with Crippen LogP contribution in [0.2, 0.25) is 0 Å². The molecule has 8 aliphatic rings. The molecule has 6 aliphatic carbocycles. The molecule has 12 N–H and O–H groups in total. The number of methoxy groups -OCH3 is 2. The lowest BCUT2D eigenvalue weighted by Crippen LogP contribution is -2.62. The lowest BCUT2D eigenvalue weighted by molar-refractivity contribution is -0.183. The number of aromatic carboxylic acids is 1. The number of ether oxygens (including phenoxy) is 2. The van der Waals surface area contributed by atoms with Crippen molar-refractivity contribution in [3.63, 3.8) is 0 Å². The first-order valence-corrected chi connectivity index (χ1v) is 46.3. The highest BCUT2D eigenvalue weighted by Crippen LogP contribution is 2.62. The van der Waals surface area contributed by atoms with E-state index < -0.39 is 98.4 Å². The van der Waals surface area contributed by atoms with Crippen LogP contribution >= 0.6 is 0 Å². The van der Waals surface area contributed by atoms with Crippen molar-refractivity contribution in [3.05, 3.63) is 167 Å². The van der Waals surface area contributed by atoms with Gasteiger partial charge >= 0.3 is 5.97 Å². The quantitative estimate of drug-likeness (QED) is 0.0186. The van der Waals surface area contributed by atoms with Crippen LogP contribution in [0.4, 0.5) is 11.4 Å². The number of fused-ring (bicyclic) bond motifs is 4. The molecule has 29 nitrogen and oxygen atoms in total. The molecule has 4 bridgehead atoms. The van der Waals surface area contributed by atoms with Crippen molar-refractivity contribution < 1.29 is 80.7 Å². The van der Waals surface area contributed by atoms with Gasteiger partial charge in [-0.2, -0.15) is 10.1 Å². The molecule has 3 amide bonds. The second-order valence-electron chi connectivity index (χ2n) is 36.9. The number of amides is 3. The van der Waals surface area contributed by atoms with Crippen molar-refractivity contribution >= 4 is 55.1 Å². The van der Waals surface area contributed by atoms with Crippen LogP contribution < -0.4 is 50.4 Å². The molecule has 2 saturated heterocycles. The second-order valence-corrected chi connectivity index (χ2v) is 40.5. The molecule has 0 spiro atoms. The van der Waals surface area contributed by atoms with Crippen molar-refractivity contribution in [2.45, 2.75) is 167 Å². The number of hydroxylamine groups is 4. The highest BCUT2D eigenvalue weighted by Gasteiger charge is 2.60. The Kier molecular flexibility index (Phi) is 32.0. The lowest BCUT2D eigenvalue weighted by atomic mass is 9.45. The maximum atomic E-state index is 14.4. The number of carboxylic acid groups (broad SMARTS) is 1. The molecule has 2 aliphatic heterocycles. The van der Waals surface area contributed by atoms with Gasteiger partial charge in [0.2, 0.25) is 31.9 Å². The Hall–Kier alpha value is -8.22. The van der Waals surface area contributed by atoms with Crippen LogP contribution in [-0.4, -0.2) is 256 Å². The molecular weight excluding hydrogens is 1610 g/mol. The van der Waals surface area contributed by atoms with Crippen LogP contribution in [0.3, 0.4) is 0 Å². The molecule has 6 aromatic rings. The van der Waals surface area contributed by atoms with Gasteiger partial charge in [-0.1, -0.05) is 139 Å². The fourth-order valence-corrected chi connectivity index (χ4v) is 21.5. The number of carboxylic acids is 1. The zero-order valence-corrected chi connectivity index (χ0v) is 76.7. The van der Waals surface area contributed by atoms with E-state index in [1.807, 2.05) is 185 Å². The van der Waals surface area contributed by atoms with E-state index in [2.05, 4.69) is 66.9 Å². The van der Waals surface area contributed by atoms with Gasteiger partial charge in [-0.3, -0.25) is 24.1 Å². The Morgan fingerprint density at radius 1 is 0.553 bits per heavy atom. The van der Waals surface area contributed by atoms with Gasteiger partial charge in [0, 0.05) is 110 Å². The van der Waals surface area contributed by atoms with E-state index in [1.165, 1.54) is 12.8 Å². The number of benzene rings is 6. The summed E-state index contributed by atoms with van der Waals surface area (Å²) in [6.07, 6.45) is 3.04. The predicted octanol–water partition coefficient (Wildman–Crippen LogP) is 7.99. The smallest absolute Gasteiger partial charge is 0.335 e. The Balaban J connectivity index is 0.000000221. The number of carbonyl (C=O) groups excluding carboxylic acids is 3. The number of aliphatic hydroxyl groups is 4. The molecule has 676 valence electrons. The minimum atomic E-state index is -3.67. The van der Waals surface area contributed by atoms with E-state index >= 15 is 0 Å². The number of aliphatic hydroxyl groups excluding tert-OH is 4. The number of rotatable bonds is 33. The average molecular weight is 1740 g/mol. The van der Waals surface area contributed by atoms with Crippen LogP contribution in [0, 0.1) is 58.2 Å². The largest absolute Gasteiger partial charge is 0.496 e. The predicted molar refractivity (Wildman–Crippen MR) is 478 cm³/mol. The molecule has 31 heteroatoms. The summed E-state index contributed by atoms with van der Waals surface area (Å²) in [7, 11) is 11.2. The standard InChI is InChI=1S/C46H66N6O8S.C34H47N3O7.C12H21N3O2S/c1-27-36-22-33(46(36,3)4)23-37(27)47-45(56)42-40(28(2)54)39(26-53)60-52(42)24-30-17-14-18-35(43(30)59-9)31-19-32(21-34(20-31)51(7)8)44(55)48-38(25-50(5)6)41(49-61(10,57)58)29-15-12-11-13-16-29;1-18-26-14-23(34(26,3)4)15-27(18)35-32(40)30-29(19(2)39)28(17-38)44-37(30)16-20-9-8-10-25(31(20)43-7)21-11-22(33(41)42)13-24(12-21)36(5)6;1-15(2)9-11(13)12(14-18(3,16)17)10-7-5-4-6-8-10/h11-21,27-28,33,36-42,49,53-54H,22-26H2,1-10H3,(H,47,56)(H,48,55);8-13,18-19,23,26-30,38-39H,14-17H2,1-7H3,(H,35,40)(H,41,42);4-8,11-12,14H,9,13H2,1-3H3/t27-,28-,33+,36-,37-,38+,39-,40+,41-,42-;18-,19-,23+,26-,27-,28-,29+,30-;11-,12+/m001/s1. The number of hydrogen-bond acceptors (Lipinski definition) is 23. The van der Waals surface area contributed by atoms with Gasteiger partial charge in [-0.15, -0.1) is 0 Å². The summed E-state index contributed by atoms with van der Waals surface area (Å²) in [6.45, 7) is 17.4. The molecule has 20 atom stereocenters. The van der Waals surface area contributed by atoms with Crippen LogP contribution in [-0.2, 0) is 52.4 Å². The highest BCUT2D eigenvalue weighted by molar-refractivity contribution is 7.89. The highest BCUT2D eigenvalue weighted by atomic mass is 32.2. The van der Waals surface area contributed by atoms with Crippen molar-refractivity contribution in [1.29, 1.82) is 0 Å². The molecule has 8 fully saturated rings. The van der Waals surface area contributed by atoms with Gasteiger partial charge in [0.25, 0.3) is 5.91 Å². The topological polar surface area (TPSA) is 380 Å². The first-order chi connectivity index (χ1) is 57.8. The van der Waals surface area contributed by atoms with Gasteiger partial charge in [0.05, 0.1) is 88.9 Å². The fraction of sp³-hybridized carbons (Fsp3) is 0.565. The molecule has 0 aromatic heterocycles. The Morgan fingerprint density at radius 2 is 0.943 bits per heavy atom. The zero-order valence-electron chi connectivity index (χ0n) is 75.0. The minimum absolute atomic E-state index is 0.000477. The molecule has 0 radical (unpaired) electrons. The monoisotopic (exact) mass is 1740 g/mol. The van der Waals surface area contributed by atoms with Crippen LogP contribution in [0.5, 0.6) is 11.5 Å². The second kappa shape index (κ2) is 40.6. The van der Waals surface area contributed by atoms with Gasteiger partial charge < -0.3 is 76.3 Å². The van der Waals surface area contributed by atoms with Crippen LogP contribution in [0.25, 0.3) is 22.3 Å². The first kappa shape index (κ1) is 97.0. The maximum Gasteiger partial charge on any atom is 0.335 e. The van der Waals surface area contributed by atoms with E-state index in [0.29, 0.717) is 105 Å². The molecular formula is C92H134N12O17S2. The summed E-state index contributed by atoms with van der Waals surface area (Å²) < 4.78 is 65.4. The number of nitrogens with zero attached hydrogens (tertiary/aromatic N) is 6. The minimum Gasteiger partial charge on any atom is -0.496 e. The van der Waals surface area contributed by atoms with Crippen molar-refractivity contribution in [1.82, 2.24) is 45.3 Å². The number of sulfonamides is 2. The average Bonchev–Trinajstić information content (AvgIpc) is 1.10. The Morgan fingerprint density at radius 3 is 1.29 bits per heavy atom. The van der Waals surface area contributed by atoms with Crippen molar-refractivity contribution in [3.8, 4) is 33.8 Å². The van der Waals surface area contributed by atoms with E-state index in [4.69, 9.17) is 24.9 Å². The maximum absolute atomic E-state index is 14.4. The molecule has 14 rings (SSSR count). The van der Waals surface area contributed by atoms with Gasteiger partial charge in [-0.05, 0) is 173 Å². The van der Waals surface area contributed by atoms with E-state index in [0.717, 1.165) is 42.3 Å².